The first kappa shape index (κ1) is 15.3. The molecule has 0 aliphatic carbocycles. The first-order valence-electron chi connectivity index (χ1n) is 6.61. The molecule has 1 aromatic carbocycles. The summed E-state index contributed by atoms with van der Waals surface area (Å²) in [6.45, 7) is 5.61. The van der Waals surface area contributed by atoms with Crippen LogP contribution in [-0.4, -0.2) is 29.8 Å². The Hall–Kier alpha value is -1.74. The Labute approximate surface area is 115 Å². The Morgan fingerprint density at radius 1 is 1.21 bits per heavy atom. The quantitative estimate of drug-likeness (QED) is 0.845. The molecule has 1 unspecified atom stereocenters. The van der Waals surface area contributed by atoms with Crippen molar-refractivity contribution in [1.82, 2.24) is 9.88 Å². The Morgan fingerprint density at radius 3 is 2.42 bits per heavy atom. The number of para-hydroxylation sites is 1. The number of likely N-dealkylation sites (N-methyl/N-ethyl adjacent to an activating group) is 1. The van der Waals surface area contributed by atoms with Gasteiger partial charge in [-0.3, -0.25) is 14.7 Å². The second-order valence-corrected chi connectivity index (χ2v) is 4.44. The minimum absolute atomic E-state index is 0.132. The van der Waals surface area contributed by atoms with Crippen molar-refractivity contribution in [1.29, 1.82) is 0 Å². The highest BCUT2D eigenvalue weighted by molar-refractivity contribution is 5.85. The third-order valence-corrected chi connectivity index (χ3v) is 2.83. The molecule has 1 atom stereocenters. The lowest BCUT2D eigenvalue weighted by Gasteiger charge is -2.21. The molecule has 3 nitrogen and oxygen atoms in total. The van der Waals surface area contributed by atoms with Gasteiger partial charge in [0.15, 0.2) is 5.78 Å². The van der Waals surface area contributed by atoms with E-state index in [2.05, 4.69) is 4.98 Å². The zero-order valence-electron chi connectivity index (χ0n) is 12.3. The fourth-order valence-electron chi connectivity index (χ4n) is 2.13. The predicted molar refractivity (Wildman–Crippen MR) is 80.2 cm³/mol. The number of hydrogen-bond acceptors (Lipinski definition) is 3. The summed E-state index contributed by atoms with van der Waals surface area (Å²) in [7, 11) is 3.81. The van der Waals surface area contributed by atoms with E-state index in [4.69, 9.17) is 0 Å². The molecule has 0 fully saturated rings. The fourth-order valence-corrected chi connectivity index (χ4v) is 2.13. The van der Waals surface area contributed by atoms with Crippen LogP contribution in [0.15, 0.2) is 36.5 Å². The molecule has 19 heavy (non-hydrogen) atoms. The maximum absolute atomic E-state index is 11.7. The molecule has 2 rings (SSSR count). The Bertz CT molecular complexity index is 549. The molecule has 2 aromatic rings. The number of aromatic nitrogens is 1. The monoisotopic (exact) mass is 258 g/mol. The maximum atomic E-state index is 11.7. The van der Waals surface area contributed by atoms with Crippen molar-refractivity contribution in [2.45, 2.75) is 26.8 Å². The average Bonchev–Trinajstić information content (AvgIpc) is 2.40. The first-order valence-corrected chi connectivity index (χ1v) is 6.61. The molecule has 0 bridgehead atoms. The normalized spacial score (nSPS) is 11.9. The number of carbonyl (C=O) groups is 1. The second kappa shape index (κ2) is 7.00. The van der Waals surface area contributed by atoms with Gasteiger partial charge < -0.3 is 0 Å². The lowest BCUT2D eigenvalue weighted by molar-refractivity contribution is -0.121. The lowest BCUT2D eigenvalue weighted by Crippen LogP contribution is -2.26. The van der Waals surface area contributed by atoms with Crippen LogP contribution in [0, 0.1) is 0 Å². The van der Waals surface area contributed by atoms with Gasteiger partial charge in [0, 0.05) is 11.6 Å². The summed E-state index contributed by atoms with van der Waals surface area (Å²) in [6.07, 6.45) is 1.79. The number of Topliss-reactive ketones (excluding diaryl/α,β-unsaturated/α-hetero) is 1. The summed E-state index contributed by atoms with van der Waals surface area (Å²) in [5, 5.41) is 1.07. The third kappa shape index (κ3) is 3.61. The van der Waals surface area contributed by atoms with Crippen LogP contribution in [-0.2, 0) is 4.79 Å². The molecule has 0 aliphatic rings. The summed E-state index contributed by atoms with van der Waals surface area (Å²) in [5.41, 5.74) is 1.90. The smallest absolute Gasteiger partial charge is 0.151 e. The SMILES string of the molecule is CC.CC(=O)C(c1cnc2ccccc2c1)N(C)C. The molecule has 1 aromatic heterocycles. The largest absolute Gasteiger partial charge is 0.298 e. The van der Waals surface area contributed by atoms with Gasteiger partial charge in [-0.2, -0.15) is 0 Å². The number of ketones is 1. The van der Waals surface area contributed by atoms with Crippen molar-refractivity contribution in [3.63, 3.8) is 0 Å². The Kier molecular flexibility index (Phi) is 5.64. The molecule has 0 spiro atoms. The van der Waals surface area contributed by atoms with Gasteiger partial charge >= 0.3 is 0 Å². The van der Waals surface area contributed by atoms with Gasteiger partial charge in [-0.1, -0.05) is 32.0 Å². The average molecular weight is 258 g/mol. The molecule has 0 N–H and O–H groups in total. The standard InChI is InChI=1S/C14H16N2O.C2H6/c1-10(17)14(16(2)3)12-8-11-6-4-5-7-13(11)15-9-12;1-2/h4-9,14H,1-3H3;1-2H3. The van der Waals surface area contributed by atoms with Gasteiger partial charge in [0.25, 0.3) is 0 Å². The zero-order chi connectivity index (χ0) is 14.4. The van der Waals surface area contributed by atoms with E-state index in [0.29, 0.717) is 0 Å². The van der Waals surface area contributed by atoms with Gasteiger partial charge in [-0.15, -0.1) is 0 Å². The van der Waals surface area contributed by atoms with E-state index >= 15 is 0 Å². The number of fused-ring (bicyclic) bond motifs is 1. The molecule has 0 saturated carbocycles. The van der Waals surface area contributed by atoms with Crippen molar-refractivity contribution in [2.24, 2.45) is 0 Å². The van der Waals surface area contributed by atoms with E-state index in [1.807, 2.05) is 63.2 Å². The van der Waals surface area contributed by atoms with Crippen molar-refractivity contribution in [2.75, 3.05) is 14.1 Å². The summed E-state index contributed by atoms with van der Waals surface area (Å²) in [6, 6.07) is 9.74. The number of nitrogens with zero attached hydrogens (tertiary/aromatic N) is 2. The predicted octanol–water partition coefficient (Wildman–Crippen LogP) is 3.45. The molecule has 1 heterocycles. The number of carbonyl (C=O) groups excluding carboxylic acids is 1. The van der Waals surface area contributed by atoms with Gasteiger partial charge in [0.1, 0.15) is 0 Å². The van der Waals surface area contributed by atoms with Gasteiger partial charge in [0.2, 0.25) is 0 Å². The van der Waals surface area contributed by atoms with Crippen LogP contribution in [0.25, 0.3) is 10.9 Å². The van der Waals surface area contributed by atoms with E-state index in [9.17, 15) is 4.79 Å². The van der Waals surface area contributed by atoms with Crippen molar-refractivity contribution in [3.05, 3.63) is 42.1 Å². The van der Waals surface area contributed by atoms with Crippen molar-refractivity contribution in [3.8, 4) is 0 Å². The second-order valence-electron chi connectivity index (χ2n) is 4.44. The van der Waals surface area contributed by atoms with Crippen LogP contribution in [0.2, 0.25) is 0 Å². The summed E-state index contributed by atoms with van der Waals surface area (Å²) in [5.74, 6) is 0.132. The molecule has 0 radical (unpaired) electrons. The van der Waals surface area contributed by atoms with E-state index in [1.165, 1.54) is 0 Å². The van der Waals surface area contributed by atoms with Crippen LogP contribution in [0.1, 0.15) is 32.4 Å². The molecule has 0 amide bonds. The summed E-state index contributed by atoms with van der Waals surface area (Å²) in [4.78, 5) is 18.0. The molecule has 102 valence electrons. The van der Waals surface area contributed by atoms with Crippen molar-refractivity contribution >= 4 is 16.7 Å². The molecular formula is C16H22N2O. The van der Waals surface area contributed by atoms with Crippen LogP contribution in [0.3, 0.4) is 0 Å². The van der Waals surface area contributed by atoms with Crippen LogP contribution < -0.4 is 0 Å². The van der Waals surface area contributed by atoms with Crippen molar-refractivity contribution < 1.29 is 4.79 Å². The van der Waals surface area contributed by atoms with Crippen LogP contribution in [0.4, 0.5) is 0 Å². The maximum Gasteiger partial charge on any atom is 0.151 e. The molecule has 0 aliphatic heterocycles. The third-order valence-electron chi connectivity index (χ3n) is 2.83. The molecule has 0 saturated heterocycles. The minimum Gasteiger partial charge on any atom is -0.298 e. The Balaban J connectivity index is 0.000000861. The van der Waals surface area contributed by atoms with Crippen LogP contribution >= 0.6 is 0 Å². The van der Waals surface area contributed by atoms with E-state index in [1.54, 1.807) is 13.1 Å². The highest BCUT2D eigenvalue weighted by Gasteiger charge is 2.19. The lowest BCUT2D eigenvalue weighted by atomic mass is 10.0. The van der Waals surface area contributed by atoms with E-state index in [0.717, 1.165) is 16.5 Å². The van der Waals surface area contributed by atoms with Crippen LogP contribution in [0.5, 0.6) is 0 Å². The topological polar surface area (TPSA) is 33.2 Å². The Morgan fingerprint density at radius 2 is 1.84 bits per heavy atom. The zero-order valence-corrected chi connectivity index (χ0v) is 12.3. The molecular weight excluding hydrogens is 236 g/mol. The molecule has 3 heteroatoms. The number of hydrogen-bond donors (Lipinski definition) is 0. The van der Waals surface area contributed by atoms with Gasteiger partial charge in [-0.05, 0) is 38.7 Å². The fraction of sp³-hybridized carbons (Fsp3) is 0.375. The van der Waals surface area contributed by atoms with E-state index < -0.39 is 0 Å². The summed E-state index contributed by atoms with van der Waals surface area (Å²) >= 11 is 0. The highest BCUT2D eigenvalue weighted by atomic mass is 16.1. The number of benzene rings is 1. The number of pyridine rings is 1. The van der Waals surface area contributed by atoms with Gasteiger partial charge in [0.05, 0.1) is 11.6 Å². The summed E-state index contributed by atoms with van der Waals surface area (Å²) < 4.78 is 0. The minimum atomic E-state index is -0.216. The first-order chi connectivity index (χ1) is 9.09. The highest BCUT2D eigenvalue weighted by Crippen LogP contribution is 2.22. The van der Waals surface area contributed by atoms with E-state index in [-0.39, 0.29) is 11.8 Å². The van der Waals surface area contributed by atoms with Gasteiger partial charge in [-0.25, -0.2) is 0 Å². The number of rotatable bonds is 3.